The number of hydrogen-bond donors (Lipinski definition) is 1. The van der Waals surface area contributed by atoms with Gasteiger partial charge >= 0.3 is 0 Å². The maximum absolute atomic E-state index is 10.3. The zero-order chi connectivity index (χ0) is 12.3. The standard InChI is InChI=1S/C13H15NO2S/c1-3-16-12-5-4-9(2)6-10(12)13(15)11-7-17-8-14-11/h4-8,13,15H,3H2,1-2H3. The van der Waals surface area contributed by atoms with Gasteiger partial charge < -0.3 is 9.84 Å². The minimum Gasteiger partial charge on any atom is -0.493 e. The normalized spacial score (nSPS) is 12.4. The number of aliphatic hydroxyl groups excluding tert-OH is 1. The van der Waals surface area contributed by atoms with Crippen molar-refractivity contribution in [3.63, 3.8) is 0 Å². The van der Waals surface area contributed by atoms with Crippen LogP contribution in [0.15, 0.2) is 29.1 Å². The van der Waals surface area contributed by atoms with Crippen LogP contribution >= 0.6 is 11.3 Å². The Hall–Kier alpha value is -1.39. The predicted molar refractivity (Wildman–Crippen MR) is 68.5 cm³/mol. The van der Waals surface area contributed by atoms with E-state index >= 15 is 0 Å². The molecule has 2 aromatic rings. The number of ether oxygens (including phenoxy) is 1. The van der Waals surface area contributed by atoms with Gasteiger partial charge in [-0.25, -0.2) is 4.98 Å². The molecule has 4 heteroatoms. The fourth-order valence-corrected chi connectivity index (χ4v) is 2.26. The summed E-state index contributed by atoms with van der Waals surface area (Å²) in [4.78, 5) is 4.14. The highest BCUT2D eigenvalue weighted by molar-refractivity contribution is 7.07. The highest BCUT2D eigenvalue weighted by atomic mass is 32.1. The van der Waals surface area contributed by atoms with Crippen molar-refractivity contribution in [2.75, 3.05) is 6.61 Å². The van der Waals surface area contributed by atoms with Gasteiger partial charge in [-0.15, -0.1) is 11.3 Å². The SMILES string of the molecule is CCOc1ccc(C)cc1C(O)c1cscn1. The number of aryl methyl sites for hydroxylation is 1. The molecule has 1 unspecified atom stereocenters. The van der Waals surface area contributed by atoms with Crippen molar-refractivity contribution >= 4 is 11.3 Å². The quantitative estimate of drug-likeness (QED) is 0.906. The lowest BCUT2D eigenvalue weighted by molar-refractivity contribution is 0.208. The van der Waals surface area contributed by atoms with Crippen molar-refractivity contribution in [1.82, 2.24) is 4.98 Å². The Morgan fingerprint density at radius 2 is 2.29 bits per heavy atom. The molecule has 3 nitrogen and oxygen atoms in total. The van der Waals surface area contributed by atoms with Gasteiger partial charge in [-0.3, -0.25) is 0 Å². The van der Waals surface area contributed by atoms with E-state index in [2.05, 4.69) is 4.98 Å². The Kier molecular flexibility index (Phi) is 3.76. The predicted octanol–water partition coefficient (Wildman–Crippen LogP) is 2.93. The van der Waals surface area contributed by atoms with Crippen molar-refractivity contribution in [2.45, 2.75) is 20.0 Å². The second kappa shape index (κ2) is 5.29. The van der Waals surface area contributed by atoms with Gasteiger partial charge in [-0.2, -0.15) is 0 Å². The summed E-state index contributed by atoms with van der Waals surface area (Å²) in [7, 11) is 0. The summed E-state index contributed by atoms with van der Waals surface area (Å²) < 4.78 is 5.53. The Bertz CT molecular complexity index is 482. The molecule has 90 valence electrons. The Morgan fingerprint density at radius 1 is 1.47 bits per heavy atom. The number of benzene rings is 1. The van der Waals surface area contributed by atoms with Crippen LogP contribution in [0.25, 0.3) is 0 Å². The van der Waals surface area contributed by atoms with Crippen molar-refractivity contribution in [3.8, 4) is 5.75 Å². The number of rotatable bonds is 4. The third-order valence-electron chi connectivity index (χ3n) is 2.49. The van der Waals surface area contributed by atoms with Crippen LogP contribution in [0.5, 0.6) is 5.75 Å². The van der Waals surface area contributed by atoms with E-state index < -0.39 is 6.10 Å². The van der Waals surface area contributed by atoms with Crippen LogP contribution in [0.2, 0.25) is 0 Å². The van der Waals surface area contributed by atoms with Gasteiger partial charge in [0, 0.05) is 10.9 Å². The monoisotopic (exact) mass is 249 g/mol. The lowest BCUT2D eigenvalue weighted by Gasteiger charge is -2.15. The maximum atomic E-state index is 10.3. The molecule has 1 aromatic heterocycles. The molecule has 0 aliphatic rings. The third kappa shape index (κ3) is 2.65. The van der Waals surface area contributed by atoms with E-state index in [0.29, 0.717) is 12.3 Å². The maximum Gasteiger partial charge on any atom is 0.125 e. The Labute approximate surface area is 105 Å². The fraction of sp³-hybridized carbons (Fsp3) is 0.308. The summed E-state index contributed by atoms with van der Waals surface area (Å²) in [6, 6.07) is 5.81. The molecule has 0 bridgehead atoms. The molecule has 1 atom stereocenters. The summed E-state index contributed by atoms with van der Waals surface area (Å²) in [6.07, 6.45) is -0.720. The van der Waals surface area contributed by atoms with Gasteiger partial charge in [0.25, 0.3) is 0 Å². The summed E-state index contributed by atoms with van der Waals surface area (Å²) in [6.45, 7) is 4.51. The first kappa shape index (κ1) is 12.1. The van der Waals surface area contributed by atoms with Gasteiger partial charge in [0.15, 0.2) is 0 Å². The molecule has 0 aliphatic carbocycles. The first-order valence-electron chi connectivity index (χ1n) is 5.52. The molecular formula is C13H15NO2S. The lowest BCUT2D eigenvalue weighted by atomic mass is 10.0. The van der Waals surface area contributed by atoms with Gasteiger partial charge in [-0.1, -0.05) is 11.6 Å². The highest BCUT2D eigenvalue weighted by Crippen LogP contribution is 2.30. The smallest absolute Gasteiger partial charge is 0.125 e. The molecule has 1 heterocycles. The second-order valence-corrected chi connectivity index (χ2v) is 4.51. The van der Waals surface area contributed by atoms with Crippen LogP contribution in [0.1, 0.15) is 29.8 Å². The number of aromatic nitrogens is 1. The molecule has 0 radical (unpaired) electrons. The first-order chi connectivity index (χ1) is 8.22. The van der Waals surface area contributed by atoms with Crippen molar-refractivity contribution in [1.29, 1.82) is 0 Å². The van der Waals surface area contributed by atoms with E-state index in [1.807, 2.05) is 37.4 Å². The van der Waals surface area contributed by atoms with Crippen molar-refractivity contribution < 1.29 is 9.84 Å². The molecule has 2 rings (SSSR count). The third-order valence-corrected chi connectivity index (χ3v) is 3.10. The molecule has 17 heavy (non-hydrogen) atoms. The van der Waals surface area contributed by atoms with E-state index in [0.717, 1.165) is 16.9 Å². The first-order valence-corrected chi connectivity index (χ1v) is 6.46. The van der Waals surface area contributed by atoms with E-state index in [1.54, 1.807) is 5.51 Å². The van der Waals surface area contributed by atoms with E-state index in [4.69, 9.17) is 4.74 Å². The summed E-state index contributed by atoms with van der Waals surface area (Å²) in [5.74, 6) is 0.721. The summed E-state index contributed by atoms with van der Waals surface area (Å²) in [5.41, 5.74) is 4.26. The number of aliphatic hydroxyl groups is 1. The zero-order valence-electron chi connectivity index (χ0n) is 9.88. The minimum atomic E-state index is -0.720. The van der Waals surface area contributed by atoms with E-state index in [9.17, 15) is 5.11 Å². The van der Waals surface area contributed by atoms with Crippen LogP contribution in [0, 0.1) is 6.92 Å². The number of nitrogens with zero attached hydrogens (tertiary/aromatic N) is 1. The van der Waals surface area contributed by atoms with Crippen LogP contribution < -0.4 is 4.74 Å². The molecule has 1 N–H and O–H groups in total. The number of thiazole rings is 1. The van der Waals surface area contributed by atoms with Crippen molar-refractivity contribution in [2.24, 2.45) is 0 Å². The molecule has 0 spiro atoms. The van der Waals surface area contributed by atoms with Crippen LogP contribution in [0.4, 0.5) is 0 Å². The van der Waals surface area contributed by atoms with E-state index in [1.165, 1.54) is 11.3 Å². The van der Waals surface area contributed by atoms with Crippen LogP contribution in [-0.4, -0.2) is 16.7 Å². The highest BCUT2D eigenvalue weighted by Gasteiger charge is 2.17. The molecule has 0 amide bonds. The molecule has 0 fully saturated rings. The van der Waals surface area contributed by atoms with Gasteiger partial charge in [-0.05, 0) is 26.0 Å². The summed E-state index contributed by atoms with van der Waals surface area (Å²) in [5, 5.41) is 12.1. The average Bonchev–Trinajstić information content (AvgIpc) is 2.84. The molecule has 1 aromatic carbocycles. The van der Waals surface area contributed by atoms with Gasteiger partial charge in [0.2, 0.25) is 0 Å². The van der Waals surface area contributed by atoms with Gasteiger partial charge in [0.05, 0.1) is 17.8 Å². The lowest BCUT2D eigenvalue weighted by Crippen LogP contribution is -2.04. The topological polar surface area (TPSA) is 42.4 Å². The van der Waals surface area contributed by atoms with Crippen LogP contribution in [-0.2, 0) is 0 Å². The molecule has 0 saturated heterocycles. The Balaban J connectivity index is 2.38. The zero-order valence-corrected chi connectivity index (χ0v) is 10.7. The Morgan fingerprint density at radius 3 is 2.94 bits per heavy atom. The largest absolute Gasteiger partial charge is 0.493 e. The van der Waals surface area contributed by atoms with Gasteiger partial charge in [0.1, 0.15) is 11.9 Å². The molecule has 0 saturated carbocycles. The molecular weight excluding hydrogens is 234 g/mol. The number of hydrogen-bond acceptors (Lipinski definition) is 4. The second-order valence-electron chi connectivity index (χ2n) is 3.79. The van der Waals surface area contributed by atoms with Crippen LogP contribution in [0.3, 0.4) is 0 Å². The average molecular weight is 249 g/mol. The fourth-order valence-electron chi connectivity index (χ4n) is 1.68. The minimum absolute atomic E-state index is 0.583. The summed E-state index contributed by atoms with van der Waals surface area (Å²) >= 11 is 1.47. The van der Waals surface area contributed by atoms with E-state index in [-0.39, 0.29) is 0 Å². The van der Waals surface area contributed by atoms with Crippen molar-refractivity contribution in [3.05, 3.63) is 45.9 Å². The molecule has 0 aliphatic heterocycles.